The fourth-order valence-corrected chi connectivity index (χ4v) is 4.94. The number of rotatable bonds is 6. The number of carbonyl (C=O) groups is 2. The third kappa shape index (κ3) is 5.65. The van der Waals surface area contributed by atoms with Crippen LogP contribution in [0.15, 0.2) is 35.7 Å². The van der Waals surface area contributed by atoms with Gasteiger partial charge in [-0.15, -0.1) is 0 Å². The smallest absolute Gasteiger partial charge is 0.253 e. The van der Waals surface area contributed by atoms with Gasteiger partial charge in [0, 0.05) is 50.1 Å². The second-order valence-corrected chi connectivity index (χ2v) is 9.24. The number of hydrogen-bond donors (Lipinski definition) is 1. The quantitative estimate of drug-likeness (QED) is 0.691. The Kier molecular flexibility index (Phi) is 7.24. The Labute approximate surface area is 187 Å². The van der Waals surface area contributed by atoms with E-state index >= 15 is 0 Å². The Morgan fingerprint density at radius 1 is 1.10 bits per heavy atom. The molecule has 1 atom stereocenters. The SMILES string of the molecule is CC1CCCCN1C(=O)CN1CCN(C(=O)c2ccc(CSc3ncn[nH]3)cc2)CC1. The summed E-state index contributed by atoms with van der Waals surface area (Å²) in [5.74, 6) is 1.06. The molecule has 8 nitrogen and oxygen atoms in total. The summed E-state index contributed by atoms with van der Waals surface area (Å²) in [5.41, 5.74) is 1.84. The number of nitrogens with zero attached hydrogens (tertiary/aromatic N) is 5. The molecule has 2 aliphatic heterocycles. The van der Waals surface area contributed by atoms with Gasteiger partial charge in [-0.1, -0.05) is 23.9 Å². The first-order valence-corrected chi connectivity index (χ1v) is 12.0. The minimum atomic E-state index is 0.0602. The molecule has 1 N–H and O–H groups in total. The molecule has 2 saturated heterocycles. The Morgan fingerprint density at radius 2 is 1.87 bits per heavy atom. The Hall–Kier alpha value is -2.39. The van der Waals surface area contributed by atoms with Crippen molar-refractivity contribution in [3.05, 3.63) is 41.7 Å². The van der Waals surface area contributed by atoms with Crippen LogP contribution in [-0.2, 0) is 10.5 Å². The molecule has 1 aromatic carbocycles. The van der Waals surface area contributed by atoms with E-state index < -0.39 is 0 Å². The maximum absolute atomic E-state index is 12.9. The summed E-state index contributed by atoms with van der Waals surface area (Å²) in [4.78, 5) is 35.7. The molecule has 0 spiro atoms. The van der Waals surface area contributed by atoms with E-state index in [9.17, 15) is 9.59 Å². The first-order chi connectivity index (χ1) is 15.1. The molecule has 166 valence electrons. The van der Waals surface area contributed by atoms with E-state index in [1.807, 2.05) is 34.1 Å². The van der Waals surface area contributed by atoms with Gasteiger partial charge < -0.3 is 9.80 Å². The van der Waals surface area contributed by atoms with E-state index in [1.54, 1.807) is 11.8 Å². The van der Waals surface area contributed by atoms with E-state index in [0.29, 0.717) is 31.2 Å². The number of amides is 2. The zero-order valence-corrected chi connectivity index (χ0v) is 18.8. The molecule has 9 heteroatoms. The number of H-pyrrole nitrogens is 1. The number of aromatic nitrogens is 3. The largest absolute Gasteiger partial charge is 0.339 e. The van der Waals surface area contributed by atoms with Crippen molar-refractivity contribution < 1.29 is 9.59 Å². The lowest BCUT2D eigenvalue weighted by molar-refractivity contribution is -0.136. The van der Waals surface area contributed by atoms with Crippen LogP contribution in [0.4, 0.5) is 0 Å². The van der Waals surface area contributed by atoms with Crippen LogP contribution in [0.25, 0.3) is 0 Å². The van der Waals surface area contributed by atoms with Crippen LogP contribution in [0.3, 0.4) is 0 Å². The van der Waals surface area contributed by atoms with Crippen LogP contribution in [0, 0.1) is 0 Å². The van der Waals surface area contributed by atoms with Crippen LogP contribution >= 0.6 is 11.8 Å². The fraction of sp³-hybridized carbons (Fsp3) is 0.545. The van der Waals surface area contributed by atoms with Crippen molar-refractivity contribution in [2.75, 3.05) is 39.3 Å². The molecular weight excluding hydrogens is 412 g/mol. The maximum Gasteiger partial charge on any atom is 0.253 e. The molecule has 1 aromatic heterocycles. The highest BCUT2D eigenvalue weighted by molar-refractivity contribution is 7.98. The van der Waals surface area contributed by atoms with Gasteiger partial charge in [-0.05, 0) is 43.9 Å². The normalized spacial score (nSPS) is 20.1. The lowest BCUT2D eigenvalue weighted by Gasteiger charge is -2.38. The van der Waals surface area contributed by atoms with Crippen molar-refractivity contribution in [1.82, 2.24) is 29.9 Å². The monoisotopic (exact) mass is 442 g/mol. The highest BCUT2D eigenvalue weighted by atomic mass is 32.2. The number of nitrogens with one attached hydrogen (secondary N) is 1. The van der Waals surface area contributed by atoms with Crippen molar-refractivity contribution in [3.8, 4) is 0 Å². The van der Waals surface area contributed by atoms with Crippen LogP contribution in [0.5, 0.6) is 0 Å². The van der Waals surface area contributed by atoms with Gasteiger partial charge in [0.25, 0.3) is 5.91 Å². The summed E-state index contributed by atoms with van der Waals surface area (Å²) in [6.07, 6.45) is 4.92. The molecule has 2 aromatic rings. The van der Waals surface area contributed by atoms with Gasteiger partial charge in [0.15, 0.2) is 5.16 Å². The summed E-state index contributed by atoms with van der Waals surface area (Å²) in [5, 5.41) is 7.45. The Bertz CT molecular complexity index is 865. The number of likely N-dealkylation sites (tertiary alicyclic amines) is 1. The summed E-state index contributed by atoms with van der Waals surface area (Å²) in [6, 6.07) is 8.12. The lowest BCUT2D eigenvalue weighted by atomic mass is 10.0. The van der Waals surface area contributed by atoms with Crippen LogP contribution in [0.1, 0.15) is 42.1 Å². The van der Waals surface area contributed by atoms with Crippen LogP contribution in [0.2, 0.25) is 0 Å². The fourth-order valence-electron chi connectivity index (χ4n) is 4.20. The number of carbonyl (C=O) groups excluding carboxylic acids is 2. The van der Waals surface area contributed by atoms with Crippen molar-refractivity contribution in [3.63, 3.8) is 0 Å². The molecule has 0 bridgehead atoms. The second-order valence-electron chi connectivity index (χ2n) is 8.28. The van der Waals surface area contributed by atoms with Gasteiger partial charge in [0.1, 0.15) is 6.33 Å². The average molecular weight is 443 g/mol. The van der Waals surface area contributed by atoms with E-state index in [2.05, 4.69) is 27.0 Å². The average Bonchev–Trinajstić information content (AvgIpc) is 3.32. The van der Waals surface area contributed by atoms with Crippen molar-refractivity contribution in [2.45, 2.75) is 43.1 Å². The number of benzene rings is 1. The van der Waals surface area contributed by atoms with E-state index in [-0.39, 0.29) is 11.8 Å². The third-order valence-corrected chi connectivity index (χ3v) is 7.06. The van der Waals surface area contributed by atoms with Gasteiger partial charge in [-0.3, -0.25) is 19.6 Å². The third-order valence-electron chi connectivity index (χ3n) is 6.11. The van der Waals surface area contributed by atoms with Gasteiger partial charge in [-0.25, -0.2) is 4.98 Å². The van der Waals surface area contributed by atoms with Crippen molar-refractivity contribution in [2.24, 2.45) is 0 Å². The van der Waals surface area contributed by atoms with Crippen LogP contribution in [-0.4, -0.2) is 87.0 Å². The summed E-state index contributed by atoms with van der Waals surface area (Å²) < 4.78 is 0. The topological polar surface area (TPSA) is 85.4 Å². The van der Waals surface area contributed by atoms with Gasteiger partial charge >= 0.3 is 0 Å². The van der Waals surface area contributed by atoms with Gasteiger partial charge in [-0.2, -0.15) is 5.10 Å². The molecule has 0 radical (unpaired) electrons. The summed E-state index contributed by atoms with van der Waals surface area (Å²) >= 11 is 1.58. The molecule has 3 heterocycles. The number of piperidine rings is 1. The molecule has 0 saturated carbocycles. The zero-order chi connectivity index (χ0) is 21.6. The van der Waals surface area contributed by atoms with E-state index in [0.717, 1.165) is 48.9 Å². The highest BCUT2D eigenvalue weighted by Crippen LogP contribution is 2.20. The van der Waals surface area contributed by atoms with Crippen molar-refractivity contribution in [1.29, 1.82) is 0 Å². The molecule has 0 aliphatic carbocycles. The number of hydrogen-bond acceptors (Lipinski definition) is 6. The minimum Gasteiger partial charge on any atom is -0.339 e. The maximum atomic E-state index is 12.9. The van der Waals surface area contributed by atoms with Gasteiger partial charge in [0.2, 0.25) is 5.91 Å². The Balaban J connectivity index is 1.23. The van der Waals surface area contributed by atoms with Gasteiger partial charge in [0.05, 0.1) is 6.54 Å². The number of thioether (sulfide) groups is 1. The predicted octanol–water partition coefficient (Wildman–Crippen LogP) is 2.26. The van der Waals surface area contributed by atoms with E-state index in [4.69, 9.17) is 0 Å². The van der Waals surface area contributed by atoms with Crippen molar-refractivity contribution >= 4 is 23.6 Å². The number of piperazine rings is 1. The first kappa shape index (κ1) is 21.8. The standard InChI is InChI=1S/C22H30N6O2S/c1-17-4-2-3-9-28(17)20(29)14-26-10-12-27(13-11-26)21(30)19-7-5-18(6-8-19)15-31-22-23-16-24-25-22/h5-8,16-17H,2-4,9-15H2,1H3,(H,23,24,25). The molecule has 2 amide bonds. The highest BCUT2D eigenvalue weighted by Gasteiger charge is 2.27. The molecule has 2 fully saturated rings. The second kappa shape index (κ2) is 10.3. The molecule has 2 aliphatic rings. The molecule has 1 unspecified atom stereocenters. The lowest BCUT2D eigenvalue weighted by Crippen LogP contribution is -2.53. The summed E-state index contributed by atoms with van der Waals surface area (Å²) in [7, 11) is 0. The minimum absolute atomic E-state index is 0.0602. The van der Waals surface area contributed by atoms with Crippen LogP contribution < -0.4 is 0 Å². The first-order valence-electron chi connectivity index (χ1n) is 11.0. The molecular formula is C22H30N6O2S. The zero-order valence-electron chi connectivity index (χ0n) is 18.0. The Morgan fingerprint density at radius 3 is 2.55 bits per heavy atom. The molecule has 31 heavy (non-hydrogen) atoms. The molecule has 4 rings (SSSR count). The van der Waals surface area contributed by atoms with E-state index in [1.165, 1.54) is 12.7 Å². The summed E-state index contributed by atoms with van der Waals surface area (Å²) in [6.45, 7) is 6.29. The number of aromatic amines is 1. The predicted molar refractivity (Wildman–Crippen MR) is 120 cm³/mol.